The Morgan fingerprint density at radius 1 is 1.27 bits per heavy atom. The van der Waals surface area contributed by atoms with E-state index in [0.29, 0.717) is 6.04 Å². The van der Waals surface area contributed by atoms with Crippen LogP contribution in [0.3, 0.4) is 0 Å². The molecule has 1 aliphatic heterocycles. The molecule has 2 aromatic rings. The monoisotopic (exact) mass is 199 g/mol. The molecule has 0 aliphatic carbocycles. The van der Waals surface area contributed by atoms with Crippen LogP contribution in [0.1, 0.15) is 18.0 Å². The van der Waals surface area contributed by atoms with Gasteiger partial charge in [0.05, 0.1) is 6.33 Å². The Kier molecular flexibility index (Phi) is 2.03. The van der Waals surface area contributed by atoms with Crippen LogP contribution in [-0.4, -0.2) is 16.1 Å². The van der Waals surface area contributed by atoms with Gasteiger partial charge in [0.2, 0.25) is 0 Å². The smallest absolute Gasteiger partial charge is 0.0991 e. The molecule has 1 aliphatic rings. The van der Waals surface area contributed by atoms with Crippen LogP contribution in [0.15, 0.2) is 43.0 Å². The molecular formula is C12H13N3. The van der Waals surface area contributed by atoms with Crippen LogP contribution in [0, 0.1) is 0 Å². The summed E-state index contributed by atoms with van der Waals surface area (Å²) >= 11 is 0. The first-order chi connectivity index (χ1) is 7.43. The van der Waals surface area contributed by atoms with Crippen molar-refractivity contribution in [2.45, 2.75) is 12.5 Å². The minimum atomic E-state index is 0.571. The second-order valence-electron chi connectivity index (χ2n) is 3.86. The number of imidazole rings is 1. The summed E-state index contributed by atoms with van der Waals surface area (Å²) in [6.45, 7) is 1.15. The molecule has 1 aromatic carbocycles. The van der Waals surface area contributed by atoms with Crippen molar-refractivity contribution in [1.29, 1.82) is 0 Å². The van der Waals surface area contributed by atoms with Crippen LogP contribution in [-0.2, 0) is 0 Å². The molecule has 0 bridgehead atoms. The molecule has 3 nitrogen and oxygen atoms in total. The van der Waals surface area contributed by atoms with Crippen LogP contribution in [0.5, 0.6) is 0 Å². The molecular weight excluding hydrogens is 186 g/mol. The maximum absolute atomic E-state index is 4.03. The molecule has 0 saturated carbocycles. The summed E-state index contributed by atoms with van der Waals surface area (Å²) in [7, 11) is 0. The number of rotatable bonds is 2. The lowest BCUT2D eigenvalue weighted by Gasteiger charge is -2.28. The normalized spacial score (nSPS) is 19.9. The highest BCUT2D eigenvalue weighted by atomic mass is 15.0. The molecule has 1 atom stereocenters. The molecule has 2 heterocycles. The van der Waals surface area contributed by atoms with Crippen LogP contribution in [0.4, 0.5) is 0 Å². The Bertz CT molecular complexity index is 426. The third kappa shape index (κ3) is 1.55. The van der Waals surface area contributed by atoms with Crippen molar-refractivity contribution in [3.8, 4) is 5.69 Å². The Balaban J connectivity index is 1.87. The fourth-order valence-corrected chi connectivity index (χ4v) is 1.86. The molecule has 0 radical (unpaired) electrons. The van der Waals surface area contributed by atoms with E-state index in [1.54, 1.807) is 6.20 Å². The van der Waals surface area contributed by atoms with Gasteiger partial charge in [0, 0.05) is 24.1 Å². The maximum atomic E-state index is 4.03. The second kappa shape index (κ2) is 3.51. The number of nitrogens with zero attached hydrogens (tertiary/aromatic N) is 2. The summed E-state index contributed by atoms with van der Waals surface area (Å²) in [5, 5.41) is 3.40. The number of aromatic nitrogens is 2. The highest BCUT2D eigenvalue weighted by molar-refractivity contribution is 5.36. The van der Waals surface area contributed by atoms with E-state index in [-0.39, 0.29) is 0 Å². The zero-order valence-electron chi connectivity index (χ0n) is 8.43. The lowest BCUT2D eigenvalue weighted by Crippen LogP contribution is -2.34. The Morgan fingerprint density at radius 2 is 2.07 bits per heavy atom. The Morgan fingerprint density at radius 3 is 2.60 bits per heavy atom. The standard InChI is InChI=1S/C12H13N3/c1-3-11(15-8-7-13-9-15)4-2-10(1)12-5-6-14-12/h1-4,7-9,12,14H,5-6H2. The van der Waals surface area contributed by atoms with Gasteiger partial charge in [-0.2, -0.15) is 0 Å². The van der Waals surface area contributed by atoms with E-state index in [0.717, 1.165) is 12.2 Å². The van der Waals surface area contributed by atoms with Gasteiger partial charge >= 0.3 is 0 Å². The average Bonchev–Trinajstić information content (AvgIpc) is 2.69. The molecule has 3 rings (SSSR count). The highest BCUT2D eigenvalue weighted by Crippen LogP contribution is 2.23. The first-order valence-electron chi connectivity index (χ1n) is 5.25. The molecule has 1 aromatic heterocycles. The van der Waals surface area contributed by atoms with Crippen LogP contribution >= 0.6 is 0 Å². The number of hydrogen-bond donors (Lipinski definition) is 1. The third-order valence-corrected chi connectivity index (χ3v) is 2.92. The minimum absolute atomic E-state index is 0.571. The fourth-order valence-electron chi connectivity index (χ4n) is 1.86. The van der Waals surface area contributed by atoms with Crippen LogP contribution in [0.25, 0.3) is 5.69 Å². The summed E-state index contributed by atoms with van der Waals surface area (Å²) in [6.07, 6.45) is 6.82. The predicted molar refractivity (Wildman–Crippen MR) is 58.9 cm³/mol. The Hall–Kier alpha value is -1.61. The molecule has 0 spiro atoms. The number of hydrogen-bond acceptors (Lipinski definition) is 2. The summed E-state index contributed by atoms with van der Waals surface area (Å²) in [5.74, 6) is 0. The van der Waals surface area contributed by atoms with Crippen LogP contribution in [0.2, 0.25) is 0 Å². The lowest BCUT2D eigenvalue weighted by atomic mass is 9.98. The van der Waals surface area contributed by atoms with Gasteiger partial charge in [-0.25, -0.2) is 4.98 Å². The molecule has 0 amide bonds. The van der Waals surface area contributed by atoms with E-state index < -0.39 is 0 Å². The van der Waals surface area contributed by atoms with Crippen molar-refractivity contribution in [3.63, 3.8) is 0 Å². The zero-order valence-corrected chi connectivity index (χ0v) is 8.43. The van der Waals surface area contributed by atoms with Gasteiger partial charge in [-0.15, -0.1) is 0 Å². The van der Waals surface area contributed by atoms with Crippen molar-refractivity contribution < 1.29 is 0 Å². The first kappa shape index (κ1) is 8.68. The van der Waals surface area contributed by atoms with Gasteiger partial charge in [-0.3, -0.25) is 0 Å². The van der Waals surface area contributed by atoms with Crippen molar-refractivity contribution in [3.05, 3.63) is 48.5 Å². The largest absolute Gasteiger partial charge is 0.310 e. The summed E-state index contributed by atoms with van der Waals surface area (Å²) < 4.78 is 2.01. The average molecular weight is 199 g/mol. The van der Waals surface area contributed by atoms with Gasteiger partial charge in [0.25, 0.3) is 0 Å². The van der Waals surface area contributed by atoms with E-state index in [2.05, 4.69) is 34.6 Å². The summed E-state index contributed by atoms with van der Waals surface area (Å²) in [6, 6.07) is 9.22. The molecule has 76 valence electrons. The molecule has 3 heteroatoms. The molecule has 1 fully saturated rings. The fraction of sp³-hybridized carbons (Fsp3) is 0.250. The lowest BCUT2D eigenvalue weighted by molar-refractivity contribution is 0.383. The van der Waals surface area contributed by atoms with Gasteiger partial charge in [0.15, 0.2) is 0 Å². The number of benzene rings is 1. The topological polar surface area (TPSA) is 29.9 Å². The molecule has 1 unspecified atom stereocenters. The second-order valence-corrected chi connectivity index (χ2v) is 3.86. The summed E-state index contributed by atoms with van der Waals surface area (Å²) in [5.41, 5.74) is 2.54. The Labute approximate surface area is 88.8 Å². The molecule has 1 saturated heterocycles. The van der Waals surface area contributed by atoms with E-state index in [1.165, 1.54) is 12.0 Å². The zero-order chi connectivity index (χ0) is 10.1. The molecule has 15 heavy (non-hydrogen) atoms. The van der Waals surface area contributed by atoms with Crippen molar-refractivity contribution >= 4 is 0 Å². The van der Waals surface area contributed by atoms with E-state index in [4.69, 9.17) is 0 Å². The highest BCUT2D eigenvalue weighted by Gasteiger charge is 2.17. The van der Waals surface area contributed by atoms with E-state index in [9.17, 15) is 0 Å². The van der Waals surface area contributed by atoms with Gasteiger partial charge < -0.3 is 9.88 Å². The van der Waals surface area contributed by atoms with Gasteiger partial charge in [-0.1, -0.05) is 12.1 Å². The first-order valence-corrected chi connectivity index (χ1v) is 5.25. The minimum Gasteiger partial charge on any atom is -0.310 e. The van der Waals surface area contributed by atoms with Crippen molar-refractivity contribution in [1.82, 2.24) is 14.9 Å². The molecule has 1 N–H and O–H groups in total. The summed E-state index contributed by atoms with van der Waals surface area (Å²) in [4.78, 5) is 4.03. The van der Waals surface area contributed by atoms with Gasteiger partial charge in [0.1, 0.15) is 0 Å². The maximum Gasteiger partial charge on any atom is 0.0991 e. The van der Waals surface area contributed by atoms with Crippen molar-refractivity contribution in [2.75, 3.05) is 6.54 Å². The van der Waals surface area contributed by atoms with Crippen molar-refractivity contribution in [2.24, 2.45) is 0 Å². The third-order valence-electron chi connectivity index (χ3n) is 2.92. The van der Waals surface area contributed by atoms with E-state index >= 15 is 0 Å². The van der Waals surface area contributed by atoms with Gasteiger partial charge in [-0.05, 0) is 30.7 Å². The quantitative estimate of drug-likeness (QED) is 0.800. The number of nitrogens with one attached hydrogen (secondary N) is 1. The SMILES string of the molecule is c1cn(-c2ccc(C3CCN3)cc2)cn1. The van der Waals surface area contributed by atoms with E-state index in [1.807, 2.05) is 17.1 Å². The van der Waals surface area contributed by atoms with Crippen LogP contribution < -0.4 is 5.32 Å². The predicted octanol–water partition coefficient (Wildman–Crippen LogP) is 1.91.